The Kier molecular flexibility index (Phi) is 3.06. The first-order valence-electron chi connectivity index (χ1n) is 4.04. The molecular weight excluding hydrogens is 271 g/mol. The summed E-state index contributed by atoms with van der Waals surface area (Å²) in [6.45, 7) is 0. The van der Waals surface area contributed by atoms with Gasteiger partial charge in [-0.15, -0.1) is 0 Å². The van der Waals surface area contributed by atoms with Gasteiger partial charge in [-0.1, -0.05) is 6.07 Å². The molecule has 0 saturated carbocycles. The normalized spacial score (nSPS) is 15.4. The number of hydrogen-bond acceptors (Lipinski definition) is 3. The summed E-state index contributed by atoms with van der Waals surface area (Å²) in [5.74, 6) is -6.61. The van der Waals surface area contributed by atoms with Gasteiger partial charge in [0.1, 0.15) is 0 Å². The van der Waals surface area contributed by atoms with Crippen molar-refractivity contribution in [3.8, 4) is 0 Å². The van der Waals surface area contributed by atoms with Gasteiger partial charge < -0.3 is 13.3 Å². The van der Waals surface area contributed by atoms with Crippen LogP contribution in [-0.2, 0) is 9.63 Å². The Morgan fingerprint density at radius 1 is 1.18 bits per heavy atom. The summed E-state index contributed by atoms with van der Waals surface area (Å²) in [5, 5.41) is 0. The maximum absolute atomic E-state index is 13.0. The molecule has 1 aromatic rings. The number of hydrogen-bond donors (Lipinski definition) is 0. The van der Waals surface area contributed by atoms with Crippen molar-refractivity contribution in [1.29, 1.82) is 0 Å². The zero-order chi connectivity index (χ0) is 13.5. The van der Waals surface area contributed by atoms with Crippen LogP contribution in [0.1, 0.15) is 0 Å². The van der Waals surface area contributed by atoms with Crippen molar-refractivity contribution >= 4 is 9.63 Å². The van der Waals surface area contributed by atoms with Crippen LogP contribution >= 0.6 is 0 Å². The van der Waals surface area contributed by atoms with Gasteiger partial charge in [0.25, 0.3) is 0 Å². The molecule has 0 aromatic heterocycles. The Balaban J connectivity index is 3.39. The van der Waals surface area contributed by atoms with Gasteiger partial charge in [0.15, 0.2) is 11.6 Å². The van der Waals surface area contributed by atoms with Crippen LogP contribution in [0.3, 0.4) is 0 Å². The molecule has 17 heavy (non-hydrogen) atoms. The lowest BCUT2D eigenvalue weighted by atomic mass is 10.3. The van der Waals surface area contributed by atoms with Crippen LogP contribution in [0.5, 0.6) is 0 Å². The fourth-order valence-corrected chi connectivity index (χ4v) is 2.65. The first-order valence-corrected chi connectivity index (χ1v) is 6.02. The summed E-state index contributed by atoms with van der Waals surface area (Å²) in [4.78, 5) is -1.83. The minimum absolute atomic E-state index is 0.291. The van der Waals surface area contributed by atoms with E-state index in [9.17, 15) is 35.3 Å². The average Bonchev–Trinajstić information content (AvgIpc) is 2.03. The lowest BCUT2D eigenvalue weighted by Crippen LogP contribution is -2.43. The molecule has 0 unspecified atom stereocenters. The summed E-state index contributed by atoms with van der Waals surface area (Å²) < 4.78 is 94.9. The summed E-state index contributed by atoms with van der Waals surface area (Å²) in [6.07, 6.45) is -5.34. The number of sulfone groups is 3. The lowest BCUT2D eigenvalue weighted by Gasteiger charge is -2.55. The molecule has 1 aromatic carbocycles. The van der Waals surface area contributed by atoms with Crippen molar-refractivity contribution in [2.24, 2.45) is 0 Å². The molecule has 0 atom stereocenters. The van der Waals surface area contributed by atoms with Crippen LogP contribution in [-0.4, -0.2) is 25.2 Å². The predicted octanol–water partition coefficient (Wildman–Crippen LogP) is 1.97. The van der Waals surface area contributed by atoms with Crippen molar-refractivity contribution in [1.82, 2.24) is 0 Å². The van der Waals surface area contributed by atoms with E-state index in [0.29, 0.717) is 18.2 Å². The Labute approximate surface area is 92.3 Å². The minimum Gasteiger partial charge on any atom is -0.795 e. The zero-order valence-electron chi connectivity index (χ0n) is 7.96. The molecule has 0 aliphatic rings. The molecule has 1 rings (SSSR count). The molecular formula is C8H5F5O3S-2. The molecule has 0 heterocycles. The molecule has 0 saturated heterocycles. The van der Waals surface area contributed by atoms with Crippen LogP contribution in [0.15, 0.2) is 23.1 Å². The Bertz CT molecular complexity index is 504. The van der Waals surface area contributed by atoms with Gasteiger partial charge in [0.05, 0.1) is 5.75 Å². The fourth-order valence-electron chi connectivity index (χ4n) is 1.15. The second kappa shape index (κ2) is 3.72. The molecule has 0 amide bonds. The summed E-state index contributed by atoms with van der Waals surface area (Å²) >= 11 is 0. The summed E-state index contributed by atoms with van der Waals surface area (Å²) in [6, 6.07) is 1.40. The van der Waals surface area contributed by atoms with Crippen molar-refractivity contribution in [2.75, 3.05) is 5.75 Å². The van der Waals surface area contributed by atoms with Gasteiger partial charge in [-0.05, 0) is 12.1 Å². The number of benzene rings is 1. The number of rotatable bonds is 2. The quantitative estimate of drug-likeness (QED) is 0.776. The third-order valence-corrected chi connectivity index (χ3v) is 3.74. The van der Waals surface area contributed by atoms with E-state index in [1.165, 1.54) is 0 Å². The van der Waals surface area contributed by atoms with Crippen LogP contribution < -0.4 is 0 Å². The van der Waals surface area contributed by atoms with Crippen molar-refractivity contribution < 1.29 is 35.3 Å². The predicted molar refractivity (Wildman–Crippen MR) is 45.2 cm³/mol. The van der Waals surface area contributed by atoms with E-state index in [0.717, 1.165) is 0 Å². The molecule has 0 spiro atoms. The third kappa shape index (κ3) is 3.20. The molecule has 3 nitrogen and oxygen atoms in total. The van der Waals surface area contributed by atoms with Gasteiger partial charge in [0.2, 0.25) is 0 Å². The van der Waals surface area contributed by atoms with Crippen LogP contribution in [0.4, 0.5) is 22.0 Å². The number of alkyl halides is 3. The molecule has 0 radical (unpaired) electrons. The molecule has 0 bridgehead atoms. The molecule has 98 valence electrons. The van der Waals surface area contributed by atoms with E-state index in [-0.39, 0.29) is 0 Å². The van der Waals surface area contributed by atoms with E-state index in [1.807, 2.05) is 0 Å². The molecule has 0 N–H and O–H groups in total. The Morgan fingerprint density at radius 2 is 1.71 bits per heavy atom. The van der Waals surface area contributed by atoms with Crippen molar-refractivity contribution in [3.05, 3.63) is 29.8 Å². The first kappa shape index (κ1) is 14.0. The maximum Gasteiger partial charge on any atom is 0.396 e. The minimum atomic E-state index is -6.99. The van der Waals surface area contributed by atoms with E-state index < -0.39 is 38.1 Å². The van der Waals surface area contributed by atoms with Gasteiger partial charge in [-0.3, -0.25) is 0 Å². The van der Waals surface area contributed by atoms with Gasteiger partial charge >= 0.3 is 6.18 Å². The molecule has 9 heteroatoms. The Morgan fingerprint density at radius 3 is 2.18 bits per heavy atom. The van der Waals surface area contributed by atoms with Crippen LogP contribution in [0.2, 0.25) is 0 Å². The maximum atomic E-state index is 13.0. The van der Waals surface area contributed by atoms with Crippen LogP contribution in [0, 0.1) is 11.6 Å². The second-order valence-corrected chi connectivity index (χ2v) is 5.90. The second-order valence-electron chi connectivity index (χ2n) is 3.26. The highest BCUT2D eigenvalue weighted by Gasteiger charge is 2.36. The van der Waals surface area contributed by atoms with Crippen molar-refractivity contribution in [3.63, 3.8) is 0 Å². The van der Waals surface area contributed by atoms with E-state index in [2.05, 4.69) is 0 Å². The SMILES string of the molecule is O=S([O-])([O-])(CC(F)(F)F)c1cccc(F)c1F. The zero-order valence-corrected chi connectivity index (χ0v) is 8.78. The monoisotopic (exact) mass is 276 g/mol. The van der Waals surface area contributed by atoms with E-state index >= 15 is 0 Å². The smallest absolute Gasteiger partial charge is 0.396 e. The largest absolute Gasteiger partial charge is 0.795 e. The van der Waals surface area contributed by atoms with Gasteiger partial charge in [-0.25, -0.2) is 8.78 Å². The highest BCUT2D eigenvalue weighted by molar-refractivity contribution is 8.10. The number of halogens is 5. The summed E-state index contributed by atoms with van der Waals surface area (Å²) in [7, 11) is -6.99. The van der Waals surface area contributed by atoms with Crippen molar-refractivity contribution in [2.45, 2.75) is 11.1 Å². The van der Waals surface area contributed by atoms with E-state index in [1.54, 1.807) is 0 Å². The topological polar surface area (TPSA) is 63.2 Å². The standard InChI is InChI=1S/C8H7F5O3S/c9-5-2-1-3-6(7(5)10)17(14,15,16)4-8(11,12)13/h1-3H,4H2,(H2,14,15,16)/p-2. The summed E-state index contributed by atoms with van der Waals surface area (Å²) in [5.41, 5.74) is 0. The van der Waals surface area contributed by atoms with Gasteiger partial charge in [0, 0.05) is 4.90 Å². The Hall–Kier alpha value is -1.06. The third-order valence-electron chi connectivity index (χ3n) is 1.75. The lowest BCUT2D eigenvalue weighted by molar-refractivity contribution is -0.109. The fraction of sp³-hybridized carbons (Fsp3) is 0.250. The molecule has 0 fully saturated rings. The van der Waals surface area contributed by atoms with Crippen LogP contribution in [0.25, 0.3) is 0 Å². The van der Waals surface area contributed by atoms with E-state index in [4.69, 9.17) is 0 Å². The molecule has 0 aliphatic heterocycles. The molecule has 0 aliphatic carbocycles. The average molecular weight is 276 g/mol. The first-order chi connectivity index (χ1) is 7.41. The highest BCUT2D eigenvalue weighted by Crippen LogP contribution is 2.36. The van der Waals surface area contributed by atoms with Gasteiger partial charge in [-0.2, -0.15) is 22.8 Å². The highest BCUT2D eigenvalue weighted by atomic mass is 32.3.